The molecule has 4 heteroatoms. The minimum atomic E-state index is 0.217. The molecule has 104 valence electrons. The van der Waals surface area contributed by atoms with Crippen LogP contribution in [-0.4, -0.2) is 42.0 Å². The van der Waals surface area contributed by atoms with Gasteiger partial charge in [0.1, 0.15) is 0 Å². The zero-order chi connectivity index (χ0) is 13.5. The first-order valence-corrected chi connectivity index (χ1v) is 7.17. The second-order valence-corrected chi connectivity index (χ2v) is 5.16. The minimum Gasteiger partial charge on any atom is -0.342 e. The second kappa shape index (κ2) is 7.24. The summed E-state index contributed by atoms with van der Waals surface area (Å²) >= 11 is 0. The number of piperidine rings is 1. The summed E-state index contributed by atoms with van der Waals surface area (Å²) in [5, 5.41) is 3.36. The molecule has 0 aromatic carbocycles. The van der Waals surface area contributed by atoms with Crippen LogP contribution in [0, 0.1) is 5.92 Å². The van der Waals surface area contributed by atoms with Gasteiger partial charge in [-0.1, -0.05) is 6.07 Å². The topological polar surface area (TPSA) is 45.2 Å². The summed E-state index contributed by atoms with van der Waals surface area (Å²) in [4.78, 5) is 18.3. The summed E-state index contributed by atoms with van der Waals surface area (Å²) < 4.78 is 0. The van der Waals surface area contributed by atoms with E-state index in [2.05, 4.69) is 17.2 Å². The monoisotopic (exact) mass is 261 g/mol. The van der Waals surface area contributed by atoms with Gasteiger partial charge in [-0.2, -0.15) is 0 Å². The molecule has 1 aliphatic rings. The number of nitrogens with one attached hydrogen (secondary N) is 1. The van der Waals surface area contributed by atoms with Crippen LogP contribution in [0.3, 0.4) is 0 Å². The van der Waals surface area contributed by atoms with Crippen molar-refractivity contribution in [3.63, 3.8) is 0 Å². The molecule has 4 nitrogen and oxygen atoms in total. The van der Waals surface area contributed by atoms with Gasteiger partial charge in [-0.3, -0.25) is 9.78 Å². The first-order chi connectivity index (χ1) is 9.29. The van der Waals surface area contributed by atoms with Crippen LogP contribution in [0.5, 0.6) is 0 Å². The van der Waals surface area contributed by atoms with Gasteiger partial charge >= 0.3 is 0 Å². The molecule has 19 heavy (non-hydrogen) atoms. The Morgan fingerprint density at radius 1 is 1.47 bits per heavy atom. The third-order valence-electron chi connectivity index (χ3n) is 3.75. The Morgan fingerprint density at radius 3 is 2.89 bits per heavy atom. The number of nitrogens with zero attached hydrogens (tertiary/aromatic N) is 2. The quantitative estimate of drug-likeness (QED) is 0.873. The van der Waals surface area contributed by atoms with Crippen molar-refractivity contribution in [1.82, 2.24) is 15.2 Å². The van der Waals surface area contributed by atoms with Crippen molar-refractivity contribution in [3.05, 3.63) is 30.1 Å². The predicted molar refractivity (Wildman–Crippen MR) is 75.8 cm³/mol. The number of pyridine rings is 1. The molecule has 1 fully saturated rings. The number of carbonyl (C=O) groups is 1. The standard InChI is InChI=1S/C15H23N3O/c1-2-18(12-13-5-8-16-9-6-13)15(19)10-14-4-3-7-17-11-14/h3-4,7,11,13,16H,2,5-6,8-10,12H2,1H3. The summed E-state index contributed by atoms with van der Waals surface area (Å²) in [6.45, 7) is 5.92. The highest BCUT2D eigenvalue weighted by Crippen LogP contribution is 2.14. The van der Waals surface area contributed by atoms with Crippen molar-refractivity contribution in [3.8, 4) is 0 Å². The van der Waals surface area contributed by atoms with Crippen LogP contribution >= 0.6 is 0 Å². The molecule has 0 radical (unpaired) electrons. The summed E-state index contributed by atoms with van der Waals surface area (Å²) in [5.74, 6) is 0.869. The maximum Gasteiger partial charge on any atom is 0.227 e. The van der Waals surface area contributed by atoms with E-state index in [-0.39, 0.29) is 5.91 Å². The van der Waals surface area contributed by atoms with Gasteiger partial charge in [0, 0.05) is 25.5 Å². The Hall–Kier alpha value is -1.42. The number of hydrogen-bond acceptors (Lipinski definition) is 3. The fraction of sp³-hybridized carbons (Fsp3) is 0.600. The first-order valence-electron chi connectivity index (χ1n) is 7.17. The molecular formula is C15H23N3O. The number of amides is 1. The maximum absolute atomic E-state index is 12.3. The molecule has 1 aromatic rings. The Bertz CT molecular complexity index is 388. The maximum atomic E-state index is 12.3. The molecule has 0 unspecified atom stereocenters. The highest BCUT2D eigenvalue weighted by atomic mass is 16.2. The lowest BCUT2D eigenvalue weighted by molar-refractivity contribution is -0.131. The van der Waals surface area contributed by atoms with Crippen molar-refractivity contribution in [1.29, 1.82) is 0 Å². The summed E-state index contributed by atoms with van der Waals surface area (Å²) in [6, 6.07) is 3.84. The average Bonchev–Trinajstić information content (AvgIpc) is 2.47. The van der Waals surface area contributed by atoms with Crippen molar-refractivity contribution < 1.29 is 4.79 Å². The van der Waals surface area contributed by atoms with Gasteiger partial charge in [0.25, 0.3) is 0 Å². The summed E-state index contributed by atoms with van der Waals surface area (Å²) in [6.07, 6.45) is 6.33. The lowest BCUT2D eigenvalue weighted by Gasteiger charge is -2.29. The van der Waals surface area contributed by atoms with Crippen LogP contribution in [0.1, 0.15) is 25.3 Å². The van der Waals surface area contributed by atoms with Gasteiger partial charge in [-0.15, -0.1) is 0 Å². The molecule has 2 heterocycles. The average molecular weight is 261 g/mol. The largest absolute Gasteiger partial charge is 0.342 e. The van der Waals surface area contributed by atoms with Crippen LogP contribution in [0.25, 0.3) is 0 Å². The molecular weight excluding hydrogens is 238 g/mol. The molecule has 0 saturated carbocycles. The second-order valence-electron chi connectivity index (χ2n) is 5.16. The van der Waals surface area contributed by atoms with Crippen molar-refractivity contribution in [2.75, 3.05) is 26.2 Å². The van der Waals surface area contributed by atoms with Gasteiger partial charge < -0.3 is 10.2 Å². The van der Waals surface area contributed by atoms with Gasteiger partial charge in [0.15, 0.2) is 0 Å². The first kappa shape index (κ1) is 14.0. The van der Waals surface area contributed by atoms with E-state index in [0.29, 0.717) is 12.3 Å². The predicted octanol–water partition coefficient (Wildman–Crippen LogP) is 1.47. The molecule has 1 N–H and O–H groups in total. The van der Waals surface area contributed by atoms with Crippen LogP contribution < -0.4 is 5.32 Å². The third kappa shape index (κ3) is 4.31. The van der Waals surface area contributed by atoms with E-state index < -0.39 is 0 Å². The highest BCUT2D eigenvalue weighted by Gasteiger charge is 2.19. The SMILES string of the molecule is CCN(CC1CCNCC1)C(=O)Cc1cccnc1. The van der Waals surface area contributed by atoms with Gasteiger partial charge in [-0.05, 0) is 50.4 Å². The van der Waals surface area contributed by atoms with Crippen molar-refractivity contribution in [2.24, 2.45) is 5.92 Å². The fourth-order valence-corrected chi connectivity index (χ4v) is 2.57. The van der Waals surface area contributed by atoms with Gasteiger partial charge in [-0.25, -0.2) is 0 Å². The lowest BCUT2D eigenvalue weighted by Crippen LogP contribution is -2.39. The Morgan fingerprint density at radius 2 is 2.26 bits per heavy atom. The van der Waals surface area contributed by atoms with Crippen molar-refractivity contribution >= 4 is 5.91 Å². The van der Waals surface area contributed by atoms with Crippen LogP contribution in [0.2, 0.25) is 0 Å². The zero-order valence-corrected chi connectivity index (χ0v) is 11.6. The molecule has 1 aromatic heterocycles. The summed E-state index contributed by atoms with van der Waals surface area (Å²) in [5.41, 5.74) is 0.997. The van der Waals surface area contributed by atoms with E-state index in [9.17, 15) is 4.79 Å². The number of likely N-dealkylation sites (N-methyl/N-ethyl adjacent to an activating group) is 1. The molecule has 0 bridgehead atoms. The molecule has 0 atom stereocenters. The minimum absolute atomic E-state index is 0.217. The third-order valence-corrected chi connectivity index (χ3v) is 3.75. The number of rotatable bonds is 5. The Kier molecular flexibility index (Phi) is 5.33. The molecule has 1 aliphatic heterocycles. The normalized spacial score (nSPS) is 16.3. The van der Waals surface area contributed by atoms with E-state index in [1.807, 2.05) is 17.0 Å². The van der Waals surface area contributed by atoms with Crippen LogP contribution in [-0.2, 0) is 11.2 Å². The van der Waals surface area contributed by atoms with Crippen LogP contribution in [0.4, 0.5) is 0 Å². The Labute approximate surface area is 115 Å². The molecule has 1 amide bonds. The zero-order valence-electron chi connectivity index (χ0n) is 11.6. The molecule has 0 aliphatic carbocycles. The molecule has 1 saturated heterocycles. The fourth-order valence-electron chi connectivity index (χ4n) is 2.57. The van der Waals surface area contributed by atoms with Gasteiger partial charge in [0.2, 0.25) is 5.91 Å². The number of aromatic nitrogens is 1. The smallest absolute Gasteiger partial charge is 0.227 e. The van der Waals surface area contributed by atoms with E-state index >= 15 is 0 Å². The van der Waals surface area contributed by atoms with Gasteiger partial charge in [0.05, 0.1) is 6.42 Å². The molecule has 2 rings (SSSR count). The van der Waals surface area contributed by atoms with E-state index in [0.717, 1.165) is 31.7 Å². The van der Waals surface area contributed by atoms with Crippen molar-refractivity contribution in [2.45, 2.75) is 26.2 Å². The van der Waals surface area contributed by atoms with E-state index in [1.165, 1.54) is 12.8 Å². The number of carbonyl (C=O) groups excluding carboxylic acids is 1. The molecule has 0 spiro atoms. The van der Waals surface area contributed by atoms with E-state index in [4.69, 9.17) is 0 Å². The summed E-state index contributed by atoms with van der Waals surface area (Å²) in [7, 11) is 0. The highest BCUT2D eigenvalue weighted by molar-refractivity contribution is 5.78. The van der Waals surface area contributed by atoms with E-state index in [1.54, 1.807) is 12.4 Å². The lowest BCUT2D eigenvalue weighted by atomic mass is 9.97. The van der Waals surface area contributed by atoms with Crippen LogP contribution in [0.15, 0.2) is 24.5 Å². The Balaban J connectivity index is 1.87. The number of hydrogen-bond donors (Lipinski definition) is 1.